The Kier molecular flexibility index (Phi) is 10.1. The standard InChI is InChI=1S/C33H46N2/c1-8-13-24(6)18-31-21-29(15-14-26(31)9-2)25(7)34-33(12-5)23-35-17-16-30-19-27(10-3)28(11-4)20-32(30)22-35/h9,12,14-15,18-21,24H,8,10-11,13,16-17,22-23H2,1-7H3/b26-9?,31-18-,33-12-,34-25?. The van der Waals surface area contributed by atoms with Gasteiger partial charge in [-0.3, -0.25) is 9.89 Å². The van der Waals surface area contributed by atoms with Crippen molar-refractivity contribution in [3.05, 3.63) is 80.4 Å². The molecule has 1 unspecified atom stereocenters. The van der Waals surface area contributed by atoms with Gasteiger partial charge in [-0.05, 0) is 96.7 Å². The molecule has 0 bridgehead atoms. The van der Waals surface area contributed by atoms with E-state index < -0.39 is 0 Å². The van der Waals surface area contributed by atoms with Crippen molar-refractivity contribution in [1.29, 1.82) is 0 Å². The smallest absolute Gasteiger partial charge is 0.0504 e. The number of rotatable bonds is 9. The van der Waals surface area contributed by atoms with Crippen molar-refractivity contribution >= 4 is 17.9 Å². The summed E-state index contributed by atoms with van der Waals surface area (Å²) < 4.78 is 0. The molecule has 0 fully saturated rings. The number of aliphatic imine (C=N–C) groups is 1. The summed E-state index contributed by atoms with van der Waals surface area (Å²) in [5.41, 5.74) is 9.57. The van der Waals surface area contributed by atoms with Gasteiger partial charge >= 0.3 is 0 Å². The highest BCUT2D eigenvalue weighted by Gasteiger charge is 2.18. The van der Waals surface area contributed by atoms with Crippen molar-refractivity contribution < 1.29 is 0 Å². The Morgan fingerprint density at radius 2 is 1.71 bits per heavy atom. The molecule has 3 rings (SSSR count). The minimum absolute atomic E-state index is 0.584. The SMILES string of the molecule is CC=c1ccc(C(C)=N/C(=C\C)CN2CCc3cc(CC)c(CC)cc3C2)c/c1=C/C(C)CCC. The minimum Gasteiger partial charge on any atom is -0.293 e. The van der Waals surface area contributed by atoms with Crippen LogP contribution < -0.4 is 10.4 Å². The maximum atomic E-state index is 5.10. The predicted octanol–water partition coefficient (Wildman–Crippen LogP) is 6.60. The quantitative estimate of drug-likeness (QED) is 0.377. The van der Waals surface area contributed by atoms with Crippen LogP contribution in [0.15, 0.2) is 47.1 Å². The third-order valence-corrected chi connectivity index (χ3v) is 7.43. The molecule has 0 radical (unpaired) electrons. The Balaban J connectivity index is 1.80. The molecule has 0 aromatic heterocycles. The van der Waals surface area contributed by atoms with Gasteiger partial charge in [0.15, 0.2) is 0 Å². The molecular weight excluding hydrogens is 424 g/mol. The van der Waals surface area contributed by atoms with Crippen LogP contribution in [0, 0.1) is 5.92 Å². The predicted molar refractivity (Wildman–Crippen MR) is 155 cm³/mol. The highest BCUT2D eigenvalue weighted by molar-refractivity contribution is 5.99. The Morgan fingerprint density at radius 1 is 1.00 bits per heavy atom. The van der Waals surface area contributed by atoms with Crippen LogP contribution in [0.5, 0.6) is 0 Å². The molecule has 1 heterocycles. The van der Waals surface area contributed by atoms with E-state index in [1.807, 2.05) is 0 Å². The van der Waals surface area contributed by atoms with Gasteiger partial charge in [0, 0.05) is 25.3 Å². The van der Waals surface area contributed by atoms with Crippen LogP contribution in [-0.4, -0.2) is 23.7 Å². The molecule has 1 aliphatic rings. The molecule has 1 aliphatic heterocycles. The number of fused-ring (bicyclic) bond motifs is 1. The lowest BCUT2D eigenvalue weighted by molar-refractivity contribution is 0.274. The van der Waals surface area contributed by atoms with E-state index in [9.17, 15) is 0 Å². The van der Waals surface area contributed by atoms with Gasteiger partial charge in [-0.1, -0.05) is 76.6 Å². The molecule has 1 atom stereocenters. The summed E-state index contributed by atoms with van der Waals surface area (Å²) in [7, 11) is 0. The molecule has 188 valence electrons. The zero-order valence-corrected chi connectivity index (χ0v) is 23.2. The van der Waals surface area contributed by atoms with Gasteiger partial charge < -0.3 is 0 Å². The average molecular weight is 471 g/mol. The van der Waals surface area contributed by atoms with E-state index in [-0.39, 0.29) is 0 Å². The summed E-state index contributed by atoms with van der Waals surface area (Å²) in [5.74, 6) is 0.584. The topological polar surface area (TPSA) is 15.6 Å². The lowest BCUT2D eigenvalue weighted by Gasteiger charge is -2.30. The zero-order chi connectivity index (χ0) is 25.4. The lowest BCUT2D eigenvalue weighted by Crippen LogP contribution is -2.32. The van der Waals surface area contributed by atoms with E-state index in [1.54, 1.807) is 5.56 Å². The summed E-state index contributed by atoms with van der Waals surface area (Å²) in [4.78, 5) is 7.66. The highest BCUT2D eigenvalue weighted by atomic mass is 15.1. The first kappa shape index (κ1) is 27.1. The molecule has 0 saturated carbocycles. The molecular formula is C33H46N2. The molecule has 0 amide bonds. The molecule has 2 aromatic rings. The van der Waals surface area contributed by atoms with Crippen molar-refractivity contribution in [2.45, 2.75) is 87.1 Å². The number of allylic oxidation sites excluding steroid dienone is 1. The summed E-state index contributed by atoms with van der Waals surface area (Å²) in [5, 5.41) is 2.63. The van der Waals surface area contributed by atoms with Crippen LogP contribution in [0.4, 0.5) is 0 Å². The van der Waals surface area contributed by atoms with Crippen LogP contribution in [0.1, 0.15) is 89.1 Å². The van der Waals surface area contributed by atoms with Crippen molar-refractivity contribution in [2.75, 3.05) is 13.1 Å². The first-order valence-electron chi connectivity index (χ1n) is 13.8. The van der Waals surface area contributed by atoms with E-state index in [4.69, 9.17) is 4.99 Å². The largest absolute Gasteiger partial charge is 0.293 e. The van der Waals surface area contributed by atoms with Crippen molar-refractivity contribution in [2.24, 2.45) is 10.9 Å². The van der Waals surface area contributed by atoms with Gasteiger partial charge in [0.2, 0.25) is 0 Å². The van der Waals surface area contributed by atoms with Crippen molar-refractivity contribution in [3.63, 3.8) is 0 Å². The van der Waals surface area contributed by atoms with Gasteiger partial charge in [-0.15, -0.1) is 0 Å². The van der Waals surface area contributed by atoms with Gasteiger partial charge in [-0.2, -0.15) is 0 Å². The van der Waals surface area contributed by atoms with Crippen LogP contribution in [0.25, 0.3) is 12.2 Å². The number of hydrogen-bond donors (Lipinski definition) is 0. The van der Waals surface area contributed by atoms with Crippen LogP contribution in [0.2, 0.25) is 0 Å². The Hall–Kier alpha value is -2.45. The Bertz CT molecular complexity index is 1180. The fourth-order valence-corrected chi connectivity index (χ4v) is 5.32. The number of nitrogens with zero attached hydrogens (tertiary/aromatic N) is 2. The summed E-state index contributed by atoms with van der Waals surface area (Å²) in [6.07, 6.45) is 12.6. The van der Waals surface area contributed by atoms with Crippen molar-refractivity contribution in [3.8, 4) is 0 Å². The number of aryl methyl sites for hydroxylation is 2. The van der Waals surface area contributed by atoms with E-state index in [1.165, 1.54) is 45.5 Å². The molecule has 0 N–H and O–H groups in total. The number of hydrogen-bond acceptors (Lipinski definition) is 2. The fourth-order valence-electron chi connectivity index (χ4n) is 5.32. The Labute approximate surface area is 214 Å². The first-order valence-corrected chi connectivity index (χ1v) is 13.8. The molecule has 2 nitrogen and oxygen atoms in total. The van der Waals surface area contributed by atoms with Crippen LogP contribution in [-0.2, 0) is 25.8 Å². The van der Waals surface area contributed by atoms with Gasteiger partial charge in [0.1, 0.15) is 0 Å². The van der Waals surface area contributed by atoms with E-state index in [2.05, 4.69) is 102 Å². The van der Waals surface area contributed by atoms with Crippen LogP contribution >= 0.6 is 0 Å². The van der Waals surface area contributed by atoms with Crippen LogP contribution in [0.3, 0.4) is 0 Å². The highest BCUT2D eigenvalue weighted by Crippen LogP contribution is 2.25. The lowest BCUT2D eigenvalue weighted by atomic mass is 9.91. The molecule has 35 heavy (non-hydrogen) atoms. The minimum atomic E-state index is 0.584. The average Bonchev–Trinajstić information content (AvgIpc) is 2.87. The molecule has 2 aromatic carbocycles. The Morgan fingerprint density at radius 3 is 2.34 bits per heavy atom. The molecule has 0 spiro atoms. The monoisotopic (exact) mass is 470 g/mol. The van der Waals surface area contributed by atoms with E-state index in [0.717, 1.165) is 50.3 Å². The third kappa shape index (κ3) is 7.04. The zero-order valence-electron chi connectivity index (χ0n) is 23.2. The van der Waals surface area contributed by atoms with E-state index >= 15 is 0 Å². The summed E-state index contributed by atoms with van der Waals surface area (Å²) in [6, 6.07) is 11.7. The fraction of sp³-hybridized carbons (Fsp3) is 0.485. The van der Waals surface area contributed by atoms with Crippen molar-refractivity contribution in [1.82, 2.24) is 4.90 Å². The molecule has 0 saturated heterocycles. The number of benzene rings is 2. The second-order valence-electron chi connectivity index (χ2n) is 10.1. The van der Waals surface area contributed by atoms with E-state index in [0.29, 0.717) is 5.92 Å². The molecule has 2 heteroatoms. The first-order chi connectivity index (χ1) is 16.9. The summed E-state index contributed by atoms with van der Waals surface area (Å²) >= 11 is 0. The second kappa shape index (κ2) is 13.0. The third-order valence-electron chi connectivity index (χ3n) is 7.43. The van der Waals surface area contributed by atoms with Gasteiger partial charge in [-0.25, -0.2) is 0 Å². The summed E-state index contributed by atoms with van der Waals surface area (Å²) in [6.45, 7) is 18.5. The second-order valence-corrected chi connectivity index (χ2v) is 10.1. The van der Waals surface area contributed by atoms with Gasteiger partial charge in [0.25, 0.3) is 0 Å². The maximum Gasteiger partial charge on any atom is 0.0504 e. The molecule has 0 aliphatic carbocycles. The maximum absolute atomic E-state index is 5.10. The normalized spacial score (nSPS) is 17.1. The van der Waals surface area contributed by atoms with Gasteiger partial charge in [0.05, 0.1) is 5.70 Å².